The quantitative estimate of drug-likeness (QED) is 0.162. The second kappa shape index (κ2) is 8.28. The fourth-order valence-corrected chi connectivity index (χ4v) is 4.29. The van der Waals surface area contributed by atoms with Gasteiger partial charge in [-0.1, -0.05) is 36.4 Å². The van der Waals surface area contributed by atoms with Crippen LogP contribution in [0.5, 0.6) is 0 Å². The lowest BCUT2D eigenvalue weighted by molar-refractivity contribution is 0.358. The van der Waals surface area contributed by atoms with Crippen LogP contribution in [0.25, 0.3) is 11.1 Å². The summed E-state index contributed by atoms with van der Waals surface area (Å²) in [7, 11) is 0. The van der Waals surface area contributed by atoms with Gasteiger partial charge in [-0.2, -0.15) is 0 Å². The maximum absolute atomic E-state index is 14.2. The smallest absolute Gasteiger partial charge is 0.200 e. The largest absolute Gasteiger partial charge is 0.399 e. The van der Waals surface area contributed by atoms with Crippen molar-refractivity contribution in [2.75, 3.05) is 5.73 Å². The van der Waals surface area contributed by atoms with Crippen LogP contribution < -0.4 is 5.73 Å². The molecule has 0 unspecified atom stereocenters. The molecule has 0 heterocycles. The SMILES string of the molecule is Nc1ccc(-c2ccccc2CN(Sc2c(F)c(F)c(F)c(F)c2F)C2CC2)cc1. The van der Waals surface area contributed by atoms with Crippen LogP contribution in [0.2, 0.25) is 0 Å². The Morgan fingerprint density at radius 3 is 1.97 bits per heavy atom. The fraction of sp³-hybridized carbons (Fsp3) is 0.182. The van der Waals surface area contributed by atoms with Crippen LogP contribution in [0.4, 0.5) is 27.6 Å². The van der Waals surface area contributed by atoms with Gasteiger partial charge in [0.15, 0.2) is 23.3 Å². The summed E-state index contributed by atoms with van der Waals surface area (Å²) < 4.78 is 70.6. The molecule has 1 aliphatic rings. The zero-order chi connectivity index (χ0) is 21.4. The third kappa shape index (κ3) is 4.02. The topological polar surface area (TPSA) is 29.3 Å². The van der Waals surface area contributed by atoms with E-state index in [1.807, 2.05) is 36.4 Å². The molecule has 0 atom stereocenters. The minimum absolute atomic E-state index is 0.00977. The highest BCUT2D eigenvalue weighted by molar-refractivity contribution is 7.97. The first kappa shape index (κ1) is 20.7. The Balaban J connectivity index is 1.67. The van der Waals surface area contributed by atoms with E-state index in [0.29, 0.717) is 17.6 Å². The highest BCUT2D eigenvalue weighted by Gasteiger charge is 2.34. The van der Waals surface area contributed by atoms with Crippen LogP contribution in [0.3, 0.4) is 0 Å². The van der Waals surface area contributed by atoms with Crippen LogP contribution in [-0.2, 0) is 6.54 Å². The summed E-state index contributed by atoms with van der Waals surface area (Å²) in [6.45, 7) is 0.273. The third-order valence-corrected chi connectivity index (χ3v) is 6.10. The Morgan fingerprint density at radius 1 is 0.800 bits per heavy atom. The van der Waals surface area contributed by atoms with Crippen molar-refractivity contribution in [2.24, 2.45) is 0 Å². The average molecular weight is 436 g/mol. The van der Waals surface area contributed by atoms with Crippen molar-refractivity contribution in [2.45, 2.75) is 30.3 Å². The molecule has 0 radical (unpaired) electrons. The maximum atomic E-state index is 14.2. The van der Waals surface area contributed by atoms with E-state index in [1.54, 1.807) is 16.4 Å². The average Bonchev–Trinajstić information content (AvgIpc) is 3.59. The van der Waals surface area contributed by atoms with Gasteiger partial charge in [-0.05, 0) is 53.6 Å². The highest BCUT2D eigenvalue weighted by atomic mass is 32.2. The molecule has 0 aromatic heterocycles. The van der Waals surface area contributed by atoms with E-state index >= 15 is 0 Å². The predicted molar refractivity (Wildman–Crippen MR) is 107 cm³/mol. The molecule has 3 aromatic rings. The number of nitrogens with two attached hydrogens (primary N) is 1. The molecule has 1 aliphatic carbocycles. The molecule has 0 amide bonds. The first-order valence-corrected chi connectivity index (χ1v) is 10.0. The predicted octanol–water partition coefficient (Wildman–Crippen LogP) is 6.30. The van der Waals surface area contributed by atoms with E-state index in [9.17, 15) is 22.0 Å². The highest BCUT2D eigenvalue weighted by Crippen LogP contribution is 2.41. The van der Waals surface area contributed by atoms with E-state index in [0.717, 1.165) is 29.5 Å². The van der Waals surface area contributed by atoms with Crippen molar-refractivity contribution in [1.82, 2.24) is 4.31 Å². The number of nitrogens with zero attached hydrogens (tertiary/aromatic N) is 1. The summed E-state index contributed by atoms with van der Waals surface area (Å²) >= 11 is 0.567. The minimum Gasteiger partial charge on any atom is -0.399 e. The molecule has 0 aliphatic heterocycles. The molecule has 30 heavy (non-hydrogen) atoms. The van der Waals surface area contributed by atoms with Gasteiger partial charge in [-0.25, -0.2) is 26.3 Å². The zero-order valence-corrected chi connectivity index (χ0v) is 16.5. The van der Waals surface area contributed by atoms with Crippen molar-refractivity contribution in [1.29, 1.82) is 0 Å². The fourth-order valence-electron chi connectivity index (χ4n) is 3.15. The summed E-state index contributed by atoms with van der Waals surface area (Å²) in [4.78, 5) is -0.886. The lowest BCUT2D eigenvalue weighted by Gasteiger charge is -2.23. The molecule has 1 fully saturated rings. The van der Waals surface area contributed by atoms with E-state index in [1.165, 1.54) is 0 Å². The molecule has 8 heteroatoms. The second-order valence-electron chi connectivity index (χ2n) is 7.08. The molecule has 4 rings (SSSR count). The Morgan fingerprint density at radius 2 is 1.37 bits per heavy atom. The van der Waals surface area contributed by atoms with Crippen LogP contribution in [0.1, 0.15) is 18.4 Å². The Hall–Kier alpha value is -2.58. The van der Waals surface area contributed by atoms with Gasteiger partial charge >= 0.3 is 0 Å². The first-order valence-electron chi connectivity index (χ1n) is 9.26. The molecule has 0 spiro atoms. The van der Waals surface area contributed by atoms with Crippen molar-refractivity contribution in [3.05, 3.63) is 83.2 Å². The third-order valence-electron chi connectivity index (χ3n) is 4.90. The molecular formula is C22H17F5N2S. The van der Waals surface area contributed by atoms with E-state index in [-0.39, 0.29) is 12.6 Å². The van der Waals surface area contributed by atoms with Crippen LogP contribution >= 0.6 is 11.9 Å². The van der Waals surface area contributed by atoms with Gasteiger partial charge in [0.05, 0.1) is 0 Å². The Labute approximate surface area is 174 Å². The van der Waals surface area contributed by atoms with E-state index in [4.69, 9.17) is 5.73 Å². The lowest BCUT2D eigenvalue weighted by atomic mass is 9.99. The molecule has 1 saturated carbocycles. The Kier molecular flexibility index (Phi) is 5.71. The summed E-state index contributed by atoms with van der Waals surface area (Å²) in [5.74, 6) is -9.65. The number of halogens is 5. The molecule has 0 saturated heterocycles. The van der Waals surface area contributed by atoms with Crippen LogP contribution in [-0.4, -0.2) is 10.3 Å². The van der Waals surface area contributed by atoms with Crippen molar-refractivity contribution >= 4 is 17.6 Å². The second-order valence-corrected chi connectivity index (χ2v) is 8.14. The molecule has 0 bridgehead atoms. The first-order chi connectivity index (χ1) is 14.4. The van der Waals surface area contributed by atoms with Crippen molar-refractivity contribution < 1.29 is 22.0 Å². The van der Waals surface area contributed by atoms with Crippen LogP contribution in [0, 0.1) is 29.1 Å². The van der Waals surface area contributed by atoms with Crippen LogP contribution in [0.15, 0.2) is 53.4 Å². The monoisotopic (exact) mass is 436 g/mol. The normalized spacial score (nSPS) is 13.8. The number of anilines is 1. The molecule has 156 valence electrons. The van der Waals surface area contributed by atoms with Gasteiger partial charge in [0.1, 0.15) is 4.90 Å². The number of hydrogen-bond donors (Lipinski definition) is 1. The zero-order valence-electron chi connectivity index (χ0n) is 15.6. The number of nitrogen functional groups attached to an aromatic ring is 1. The summed E-state index contributed by atoms with van der Waals surface area (Å²) in [6.07, 6.45) is 1.57. The lowest BCUT2D eigenvalue weighted by Crippen LogP contribution is -2.19. The maximum Gasteiger partial charge on any atom is 0.200 e. The standard InChI is InChI=1S/C22H17F5N2S/c23-17-18(24)20(26)22(21(27)19(17)25)30-29(15-9-10-15)11-13-3-1-2-4-16(13)12-5-7-14(28)8-6-12/h1-8,15H,9-11,28H2. The van der Waals surface area contributed by atoms with Gasteiger partial charge in [0.25, 0.3) is 0 Å². The number of benzene rings is 3. The minimum atomic E-state index is -2.15. The Bertz CT molecular complexity index is 1050. The van der Waals surface area contributed by atoms with Gasteiger partial charge < -0.3 is 5.73 Å². The number of rotatable bonds is 6. The molecular weight excluding hydrogens is 419 g/mol. The number of hydrogen-bond acceptors (Lipinski definition) is 3. The molecule has 2 N–H and O–H groups in total. The molecule has 3 aromatic carbocycles. The summed E-state index contributed by atoms with van der Waals surface area (Å²) in [5, 5.41) is 0. The summed E-state index contributed by atoms with van der Waals surface area (Å²) in [5.41, 5.74) is 9.06. The van der Waals surface area contributed by atoms with E-state index in [2.05, 4.69) is 0 Å². The van der Waals surface area contributed by atoms with Gasteiger partial charge in [-0.3, -0.25) is 0 Å². The van der Waals surface area contributed by atoms with Gasteiger partial charge in [-0.15, -0.1) is 0 Å². The molecule has 2 nitrogen and oxygen atoms in total. The van der Waals surface area contributed by atoms with Crippen molar-refractivity contribution in [3.8, 4) is 11.1 Å². The van der Waals surface area contributed by atoms with Gasteiger partial charge in [0.2, 0.25) is 5.82 Å². The van der Waals surface area contributed by atoms with E-state index < -0.39 is 34.0 Å². The van der Waals surface area contributed by atoms with Crippen molar-refractivity contribution in [3.63, 3.8) is 0 Å². The summed E-state index contributed by atoms with van der Waals surface area (Å²) in [6, 6.07) is 14.8. The van der Waals surface area contributed by atoms with Gasteiger partial charge in [0, 0.05) is 18.3 Å².